The second kappa shape index (κ2) is 6.74. The van der Waals surface area contributed by atoms with Crippen LogP contribution < -0.4 is 10.2 Å². The van der Waals surface area contributed by atoms with Crippen molar-refractivity contribution in [2.75, 3.05) is 18.0 Å². The van der Waals surface area contributed by atoms with Crippen molar-refractivity contribution in [3.63, 3.8) is 0 Å². The third-order valence-corrected chi connectivity index (χ3v) is 4.67. The van der Waals surface area contributed by atoms with Gasteiger partial charge in [0.25, 0.3) is 0 Å². The van der Waals surface area contributed by atoms with E-state index in [1.165, 1.54) is 24.2 Å². The smallest absolute Gasteiger partial charge is 0.126 e. The average molecular weight is 316 g/mol. The molecule has 0 bridgehead atoms. The maximum absolute atomic E-state index is 4.60. The highest BCUT2D eigenvalue weighted by Crippen LogP contribution is 2.19. The molecule has 0 amide bonds. The zero-order chi connectivity index (χ0) is 16.4. The Morgan fingerprint density at radius 3 is 2.87 bits per heavy atom. The maximum atomic E-state index is 4.60. The standard InChI is InChI=1S/C17H28N6/c1-13(2)23-11-15(14(3)20-23)10-18-16-6-5-9-22(12-16)17-7-8-19-21(17)4/h7-8,11,13,16,18H,5-6,9-10,12H2,1-4H3. The van der Waals surface area contributed by atoms with E-state index >= 15 is 0 Å². The number of aromatic nitrogens is 4. The number of piperidine rings is 1. The van der Waals surface area contributed by atoms with E-state index in [0.717, 1.165) is 25.3 Å². The van der Waals surface area contributed by atoms with Gasteiger partial charge < -0.3 is 10.2 Å². The molecule has 1 aliphatic heterocycles. The van der Waals surface area contributed by atoms with Crippen molar-refractivity contribution in [3.05, 3.63) is 29.7 Å². The predicted molar refractivity (Wildman–Crippen MR) is 92.6 cm³/mol. The summed E-state index contributed by atoms with van der Waals surface area (Å²) in [7, 11) is 2.01. The van der Waals surface area contributed by atoms with Crippen LogP contribution in [-0.2, 0) is 13.6 Å². The van der Waals surface area contributed by atoms with Crippen molar-refractivity contribution >= 4 is 5.82 Å². The monoisotopic (exact) mass is 316 g/mol. The lowest BCUT2D eigenvalue weighted by Crippen LogP contribution is -2.46. The molecule has 23 heavy (non-hydrogen) atoms. The quantitative estimate of drug-likeness (QED) is 0.919. The fourth-order valence-electron chi connectivity index (χ4n) is 3.24. The van der Waals surface area contributed by atoms with Gasteiger partial charge in [-0.2, -0.15) is 10.2 Å². The van der Waals surface area contributed by atoms with Crippen molar-refractivity contribution in [1.82, 2.24) is 24.9 Å². The first kappa shape index (κ1) is 16.1. The van der Waals surface area contributed by atoms with E-state index in [4.69, 9.17) is 0 Å². The van der Waals surface area contributed by atoms with Crippen molar-refractivity contribution < 1.29 is 0 Å². The highest BCUT2D eigenvalue weighted by molar-refractivity contribution is 5.38. The van der Waals surface area contributed by atoms with Crippen molar-refractivity contribution in [2.45, 2.75) is 52.2 Å². The summed E-state index contributed by atoms with van der Waals surface area (Å²) in [5.74, 6) is 1.21. The van der Waals surface area contributed by atoms with E-state index < -0.39 is 0 Å². The Labute approximate surface area is 138 Å². The first-order chi connectivity index (χ1) is 11.0. The summed E-state index contributed by atoms with van der Waals surface area (Å²) in [5, 5.41) is 12.6. The fourth-order valence-corrected chi connectivity index (χ4v) is 3.24. The number of aryl methyl sites for hydroxylation is 2. The van der Waals surface area contributed by atoms with Gasteiger partial charge in [-0.25, -0.2) is 0 Å². The lowest BCUT2D eigenvalue weighted by atomic mass is 10.1. The molecule has 2 aromatic rings. The minimum absolute atomic E-state index is 0.414. The molecule has 1 N–H and O–H groups in total. The third-order valence-electron chi connectivity index (χ3n) is 4.67. The Hall–Kier alpha value is -1.82. The number of rotatable bonds is 5. The number of hydrogen-bond donors (Lipinski definition) is 1. The lowest BCUT2D eigenvalue weighted by Gasteiger charge is -2.34. The molecule has 0 spiro atoms. The Morgan fingerprint density at radius 1 is 1.39 bits per heavy atom. The molecule has 0 radical (unpaired) electrons. The summed E-state index contributed by atoms with van der Waals surface area (Å²) in [6.07, 6.45) is 6.49. The minimum Gasteiger partial charge on any atom is -0.355 e. The van der Waals surface area contributed by atoms with Gasteiger partial charge in [-0.15, -0.1) is 0 Å². The number of hydrogen-bond acceptors (Lipinski definition) is 4. The van der Waals surface area contributed by atoms with Gasteiger partial charge in [0.05, 0.1) is 11.9 Å². The number of anilines is 1. The summed E-state index contributed by atoms with van der Waals surface area (Å²) < 4.78 is 4.01. The Bertz CT molecular complexity index is 641. The summed E-state index contributed by atoms with van der Waals surface area (Å²) >= 11 is 0. The van der Waals surface area contributed by atoms with Crippen LogP contribution in [0.2, 0.25) is 0 Å². The van der Waals surface area contributed by atoms with Crippen molar-refractivity contribution in [1.29, 1.82) is 0 Å². The predicted octanol–water partition coefficient (Wildman–Crippen LogP) is 2.26. The Balaban J connectivity index is 1.59. The number of nitrogens with one attached hydrogen (secondary N) is 1. The van der Waals surface area contributed by atoms with E-state index in [9.17, 15) is 0 Å². The molecule has 0 aliphatic carbocycles. The van der Waals surface area contributed by atoms with Gasteiger partial charge >= 0.3 is 0 Å². The molecule has 6 heteroatoms. The average Bonchev–Trinajstić information content (AvgIpc) is 3.11. The molecule has 1 saturated heterocycles. The summed E-state index contributed by atoms with van der Waals surface area (Å²) in [4.78, 5) is 2.43. The lowest BCUT2D eigenvalue weighted by molar-refractivity contribution is 0.417. The van der Waals surface area contributed by atoms with E-state index in [0.29, 0.717) is 12.1 Å². The van der Waals surface area contributed by atoms with Crippen molar-refractivity contribution in [2.24, 2.45) is 7.05 Å². The second-order valence-electron chi connectivity index (χ2n) is 6.79. The van der Waals surface area contributed by atoms with Gasteiger partial charge in [0.2, 0.25) is 0 Å². The Morgan fingerprint density at radius 2 is 2.22 bits per heavy atom. The van der Waals surface area contributed by atoms with Crippen LogP contribution in [-0.4, -0.2) is 38.7 Å². The molecule has 3 rings (SSSR count). The van der Waals surface area contributed by atoms with Gasteiger partial charge in [-0.05, 0) is 33.6 Å². The van der Waals surface area contributed by atoms with Crippen LogP contribution in [0.1, 0.15) is 44.0 Å². The molecule has 1 unspecified atom stereocenters. The maximum Gasteiger partial charge on any atom is 0.126 e. The minimum atomic E-state index is 0.414. The zero-order valence-electron chi connectivity index (χ0n) is 14.7. The van der Waals surface area contributed by atoms with E-state index in [1.807, 2.05) is 17.9 Å². The van der Waals surface area contributed by atoms with Gasteiger partial charge in [0, 0.05) is 56.6 Å². The molecule has 1 atom stereocenters. The molecule has 126 valence electrons. The molecular formula is C17H28N6. The highest BCUT2D eigenvalue weighted by atomic mass is 15.4. The molecule has 3 heterocycles. The van der Waals surface area contributed by atoms with Crippen LogP contribution in [0.5, 0.6) is 0 Å². The molecule has 2 aromatic heterocycles. The zero-order valence-corrected chi connectivity index (χ0v) is 14.7. The van der Waals surface area contributed by atoms with E-state index in [2.05, 4.69) is 58.1 Å². The van der Waals surface area contributed by atoms with Crippen molar-refractivity contribution in [3.8, 4) is 0 Å². The SMILES string of the molecule is Cc1nn(C(C)C)cc1CNC1CCCN(c2ccnn2C)C1. The molecular weight excluding hydrogens is 288 g/mol. The van der Waals surface area contributed by atoms with E-state index in [-0.39, 0.29) is 0 Å². The van der Waals surface area contributed by atoms with Crippen LogP contribution >= 0.6 is 0 Å². The van der Waals surface area contributed by atoms with Gasteiger partial charge in [-0.3, -0.25) is 9.36 Å². The molecule has 0 saturated carbocycles. The Kier molecular flexibility index (Phi) is 4.71. The molecule has 0 aromatic carbocycles. The summed E-state index contributed by atoms with van der Waals surface area (Å²) in [6.45, 7) is 9.47. The largest absolute Gasteiger partial charge is 0.355 e. The topological polar surface area (TPSA) is 50.9 Å². The van der Waals surface area contributed by atoms with Crippen LogP contribution in [0.15, 0.2) is 18.5 Å². The first-order valence-corrected chi connectivity index (χ1v) is 8.55. The normalized spacial score (nSPS) is 18.8. The van der Waals surface area contributed by atoms with Crippen LogP contribution in [0.25, 0.3) is 0 Å². The summed E-state index contributed by atoms with van der Waals surface area (Å²) in [6, 6.07) is 3.03. The molecule has 1 aliphatic rings. The molecule has 1 fully saturated rings. The van der Waals surface area contributed by atoms with Gasteiger partial charge in [-0.1, -0.05) is 0 Å². The second-order valence-corrected chi connectivity index (χ2v) is 6.79. The fraction of sp³-hybridized carbons (Fsp3) is 0.647. The summed E-state index contributed by atoms with van der Waals surface area (Å²) in [5.41, 5.74) is 2.43. The third kappa shape index (κ3) is 3.58. The van der Waals surface area contributed by atoms with E-state index in [1.54, 1.807) is 0 Å². The first-order valence-electron chi connectivity index (χ1n) is 8.55. The molecule has 6 nitrogen and oxygen atoms in total. The van der Waals surface area contributed by atoms with Crippen LogP contribution in [0, 0.1) is 6.92 Å². The highest BCUT2D eigenvalue weighted by Gasteiger charge is 2.21. The van der Waals surface area contributed by atoms with Crippen LogP contribution in [0.3, 0.4) is 0 Å². The van der Waals surface area contributed by atoms with Gasteiger partial charge in [0.15, 0.2) is 0 Å². The van der Waals surface area contributed by atoms with Gasteiger partial charge in [0.1, 0.15) is 5.82 Å². The van der Waals surface area contributed by atoms with Crippen LogP contribution in [0.4, 0.5) is 5.82 Å². The number of nitrogens with zero attached hydrogens (tertiary/aromatic N) is 5.